The standard InChI is InChI=1S/C11H10O2S/c1-7-5-9-8(6-12)3-4-10(13-2)11(9)14-7/h3-6H,1-2H3. The molecule has 0 amide bonds. The number of aryl methyl sites for hydroxylation is 1. The molecule has 1 heterocycles. The van der Waals surface area contributed by atoms with E-state index >= 15 is 0 Å². The number of carbonyl (C=O) groups excluding carboxylic acids is 1. The number of thiophene rings is 1. The lowest BCUT2D eigenvalue weighted by molar-refractivity contribution is 0.112. The molecule has 0 aliphatic carbocycles. The molecule has 0 N–H and O–H groups in total. The fourth-order valence-electron chi connectivity index (χ4n) is 1.51. The van der Waals surface area contributed by atoms with Gasteiger partial charge in [0.15, 0.2) is 6.29 Å². The van der Waals surface area contributed by atoms with Crippen LogP contribution in [0.5, 0.6) is 5.75 Å². The molecule has 0 aliphatic heterocycles. The number of aldehydes is 1. The van der Waals surface area contributed by atoms with Crippen LogP contribution in [-0.2, 0) is 0 Å². The van der Waals surface area contributed by atoms with E-state index in [4.69, 9.17) is 4.74 Å². The van der Waals surface area contributed by atoms with Crippen molar-refractivity contribution in [3.63, 3.8) is 0 Å². The third-order valence-electron chi connectivity index (χ3n) is 2.15. The predicted molar refractivity (Wildman–Crippen MR) is 58.5 cm³/mol. The van der Waals surface area contributed by atoms with Crippen LogP contribution in [0.1, 0.15) is 15.2 Å². The summed E-state index contributed by atoms with van der Waals surface area (Å²) in [5.41, 5.74) is 0.727. The van der Waals surface area contributed by atoms with E-state index < -0.39 is 0 Å². The molecule has 1 aromatic heterocycles. The van der Waals surface area contributed by atoms with Crippen molar-refractivity contribution in [2.45, 2.75) is 6.92 Å². The molecule has 0 unspecified atom stereocenters. The largest absolute Gasteiger partial charge is 0.495 e. The summed E-state index contributed by atoms with van der Waals surface area (Å²) in [4.78, 5) is 12.0. The third-order valence-corrected chi connectivity index (χ3v) is 3.22. The van der Waals surface area contributed by atoms with E-state index in [0.717, 1.165) is 27.7 Å². The highest BCUT2D eigenvalue weighted by Gasteiger charge is 2.08. The maximum absolute atomic E-state index is 10.8. The van der Waals surface area contributed by atoms with Gasteiger partial charge < -0.3 is 4.74 Å². The van der Waals surface area contributed by atoms with Gasteiger partial charge in [0, 0.05) is 15.8 Å². The van der Waals surface area contributed by atoms with Crippen LogP contribution in [0.2, 0.25) is 0 Å². The van der Waals surface area contributed by atoms with Crippen LogP contribution < -0.4 is 4.74 Å². The second-order valence-corrected chi connectivity index (χ2v) is 4.33. The minimum absolute atomic E-state index is 0.727. The molecule has 14 heavy (non-hydrogen) atoms. The number of hydrogen-bond acceptors (Lipinski definition) is 3. The molecule has 2 nitrogen and oxygen atoms in total. The number of benzene rings is 1. The number of carbonyl (C=O) groups is 1. The second-order valence-electron chi connectivity index (χ2n) is 3.07. The third kappa shape index (κ3) is 1.30. The molecule has 2 aromatic rings. The molecule has 0 aliphatic rings. The summed E-state index contributed by atoms with van der Waals surface area (Å²) in [7, 11) is 1.64. The van der Waals surface area contributed by atoms with Crippen molar-refractivity contribution in [3.05, 3.63) is 28.6 Å². The smallest absolute Gasteiger partial charge is 0.150 e. The monoisotopic (exact) mass is 206 g/mol. The van der Waals surface area contributed by atoms with Gasteiger partial charge in [-0.15, -0.1) is 11.3 Å². The molecule has 0 radical (unpaired) electrons. The molecule has 3 heteroatoms. The van der Waals surface area contributed by atoms with Crippen molar-refractivity contribution < 1.29 is 9.53 Å². The van der Waals surface area contributed by atoms with Gasteiger partial charge in [-0.25, -0.2) is 0 Å². The highest BCUT2D eigenvalue weighted by molar-refractivity contribution is 7.19. The van der Waals surface area contributed by atoms with Crippen LogP contribution in [0.3, 0.4) is 0 Å². The average Bonchev–Trinajstić information content (AvgIpc) is 2.57. The Bertz CT molecular complexity index is 485. The van der Waals surface area contributed by atoms with Crippen molar-refractivity contribution in [2.24, 2.45) is 0 Å². The van der Waals surface area contributed by atoms with Gasteiger partial charge in [0.25, 0.3) is 0 Å². The van der Waals surface area contributed by atoms with Crippen LogP contribution in [0.25, 0.3) is 10.1 Å². The zero-order valence-electron chi connectivity index (χ0n) is 8.03. The maximum Gasteiger partial charge on any atom is 0.150 e. The number of fused-ring (bicyclic) bond motifs is 1. The normalized spacial score (nSPS) is 10.4. The predicted octanol–water partition coefficient (Wildman–Crippen LogP) is 3.03. The fourth-order valence-corrected chi connectivity index (χ4v) is 2.54. The Morgan fingerprint density at radius 1 is 1.43 bits per heavy atom. The molecule has 0 fully saturated rings. The van der Waals surface area contributed by atoms with Gasteiger partial charge in [-0.1, -0.05) is 0 Å². The minimum Gasteiger partial charge on any atom is -0.495 e. The van der Waals surface area contributed by atoms with Crippen LogP contribution in [0.15, 0.2) is 18.2 Å². The van der Waals surface area contributed by atoms with Crippen molar-refractivity contribution in [3.8, 4) is 5.75 Å². The molecule has 0 spiro atoms. The second kappa shape index (κ2) is 3.42. The lowest BCUT2D eigenvalue weighted by Crippen LogP contribution is -1.85. The van der Waals surface area contributed by atoms with Gasteiger partial charge in [-0.2, -0.15) is 0 Å². The van der Waals surface area contributed by atoms with Crippen LogP contribution in [0, 0.1) is 6.92 Å². The molecule has 0 bridgehead atoms. The number of hydrogen-bond donors (Lipinski definition) is 0. The van der Waals surface area contributed by atoms with Gasteiger partial charge >= 0.3 is 0 Å². The Kier molecular flexibility index (Phi) is 2.25. The van der Waals surface area contributed by atoms with Crippen molar-refractivity contribution in [1.82, 2.24) is 0 Å². The van der Waals surface area contributed by atoms with Crippen LogP contribution >= 0.6 is 11.3 Å². The lowest BCUT2D eigenvalue weighted by Gasteiger charge is -2.01. The summed E-state index contributed by atoms with van der Waals surface area (Å²) in [6, 6.07) is 5.65. The topological polar surface area (TPSA) is 26.3 Å². The SMILES string of the molecule is COc1ccc(C=O)c2cc(C)sc12. The average molecular weight is 206 g/mol. The highest BCUT2D eigenvalue weighted by atomic mass is 32.1. The maximum atomic E-state index is 10.8. The van der Waals surface area contributed by atoms with E-state index in [1.807, 2.05) is 19.1 Å². The van der Waals surface area contributed by atoms with Crippen molar-refractivity contribution >= 4 is 27.7 Å². The summed E-state index contributed by atoms with van der Waals surface area (Å²) in [6.45, 7) is 2.03. The van der Waals surface area contributed by atoms with E-state index in [2.05, 4.69) is 0 Å². The van der Waals surface area contributed by atoms with Gasteiger partial charge in [0.2, 0.25) is 0 Å². The van der Waals surface area contributed by atoms with E-state index in [1.54, 1.807) is 24.5 Å². The molecule has 1 aromatic carbocycles. The van der Waals surface area contributed by atoms with Crippen LogP contribution in [-0.4, -0.2) is 13.4 Å². The lowest BCUT2D eigenvalue weighted by atomic mass is 10.1. The number of rotatable bonds is 2. The first-order valence-electron chi connectivity index (χ1n) is 4.28. The van der Waals surface area contributed by atoms with Gasteiger partial charge in [0.1, 0.15) is 5.75 Å². The molecular weight excluding hydrogens is 196 g/mol. The summed E-state index contributed by atoms with van der Waals surface area (Å²) in [6.07, 6.45) is 0.883. The minimum atomic E-state index is 0.727. The molecule has 72 valence electrons. The van der Waals surface area contributed by atoms with Crippen molar-refractivity contribution in [2.75, 3.05) is 7.11 Å². The fraction of sp³-hybridized carbons (Fsp3) is 0.182. The summed E-state index contributed by atoms with van der Waals surface area (Å²) < 4.78 is 6.29. The Hall–Kier alpha value is -1.35. The Morgan fingerprint density at radius 3 is 2.86 bits per heavy atom. The Morgan fingerprint density at radius 2 is 2.21 bits per heavy atom. The van der Waals surface area contributed by atoms with Gasteiger partial charge in [-0.05, 0) is 25.1 Å². The number of ether oxygens (including phenoxy) is 1. The van der Waals surface area contributed by atoms with Gasteiger partial charge in [0.05, 0.1) is 11.8 Å². The molecular formula is C11H10O2S. The quantitative estimate of drug-likeness (QED) is 0.706. The molecule has 0 atom stereocenters. The Balaban J connectivity index is 2.83. The first-order chi connectivity index (χ1) is 6.76. The molecule has 0 saturated carbocycles. The zero-order chi connectivity index (χ0) is 10.1. The zero-order valence-corrected chi connectivity index (χ0v) is 8.85. The molecule has 2 rings (SSSR count). The van der Waals surface area contributed by atoms with Crippen molar-refractivity contribution in [1.29, 1.82) is 0 Å². The molecule has 0 saturated heterocycles. The first-order valence-corrected chi connectivity index (χ1v) is 5.10. The Labute approximate surface area is 86.1 Å². The van der Waals surface area contributed by atoms with E-state index in [-0.39, 0.29) is 0 Å². The van der Waals surface area contributed by atoms with E-state index in [9.17, 15) is 4.79 Å². The van der Waals surface area contributed by atoms with Crippen LogP contribution in [0.4, 0.5) is 0 Å². The highest BCUT2D eigenvalue weighted by Crippen LogP contribution is 2.34. The summed E-state index contributed by atoms with van der Waals surface area (Å²) >= 11 is 1.65. The van der Waals surface area contributed by atoms with E-state index in [0.29, 0.717) is 0 Å². The number of methoxy groups -OCH3 is 1. The summed E-state index contributed by atoms with van der Waals surface area (Å²) in [5, 5.41) is 0.988. The summed E-state index contributed by atoms with van der Waals surface area (Å²) in [5.74, 6) is 0.837. The van der Waals surface area contributed by atoms with Gasteiger partial charge in [-0.3, -0.25) is 4.79 Å². The first kappa shape index (κ1) is 9.21. The van der Waals surface area contributed by atoms with E-state index in [1.165, 1.54) is 4.88 Å².